The molecule has 1 heterocycles. The topological polar surface area (TPSA) is 72.5 Å². The van der Waals surface area contributed by atoms with E-state index in [1.807, 2.05) is 0 Å². The molecule has 1 amide bonds. The Morgan fingerprint density at radius 3 is 2.62 bits per heavy atom. The van der Waals surface area contributed by atoms with Crippen molar-refractivity contribution >= 4 is 25.6 Å². The summed E-state index contributed by atoms with van der Waals surface area (Å²) in [6.07, 6.45) is 1.96. The fraction of sp³-hybridized carbons (Fsp3) is 0.500. The van der Waals surface area contributed by atoms with Crippen molar-refractivity contribution in [3.05, 3.63) is 23.3 Å². The third-order valence-corrected chi connectivity index (χ3v) is 5.17. The summed E-state index contributed by atoms with van der Waals surface area (Å²) >= 11 is 0. The van der Waals surface area contributed by atoms with Crippen LogP contribution in [0.3, 0.4) is 0 Å². The third-order valence-electron chi connectivity index (χ3n) is 3.70. The lowest BCUT2D eigenvalue weighted by Crippen LogP contribution is -2.36. The molecular formula is C14H18ClNO4S. The maximum absolute atomic E-state index is 11.9. The van der Waals surface area contributed by atoms with E-state index in [-0.39, 0.29) is 10.8 Å². The van der Waals surface area contributed by atoms with Crippen molar-refractivity contribution < 1.29 is 17.9 Å². The van der Waals surface area contributed by atoms with Crippen molar-refractivity contribution in [3.8, 4) is 5.75 Å². The predicted molar refractivity (Wildman–Crippen MR) is 80.2 cm³/mol. The zero-order chi connectivity index (χ0) is 15.6. The van der Waals surface area contributed by atoms with Gasteiger partial charge in [-0.3, -0.25) is 4.79 Å². The number of amides is 1. The van der Waals surface area contributed by atoms with Crippen LogP contribution in [0.4, 0.5) is 0 Å². The van der Waals surface area contributed by atoms with E-state index in [9.17, 15) is 13.2 Å². The number of benzene rings is 1. The molecule has 116 valence electrons. The Labute approximate surface area is 129 Å². The summed E-state index contributed by atoms with van der Waals surface area (Å²) in [5.41, 5.74) is 1.21. The standard InChI is InChI=1S/C14H18ClNO4S/c1-9-10(2)13(21(15,18)19)7-6-11(9)20-12-5-3-4-8-16-14(12)17/h6-7,12H,3-5,8H2,1-2H3,(H,16,17). The Hall–Kier alpha value is -1.27. The summed E-state index contributed by atoms with van der Waals surface area (Å²) in [7, 11) is 1.61. The number of hydrogen-bond donors (Lipinski definition) is 1. The molecule has 0 bridgehead atoms. The SMILES string of the molecule is Cc1c(OC2CCCCNC2=O)ccc(S(=O)(=O)Cl)c1C. The highest BCUT2D eigenvalue weighted by Crippen LogP contribution is 2.30. The molecule has 7 heteroatoms. The first kappa shape index (κ1) is 16.1. The van der Waals surface area contributed by atoms with E-state index in [2.05, 4.69) is 5.32 Å². The molecule has 1 aliphatic heterocycles. The Morgan fingerprint density at radius 2 is 1.95 bits per heavy atom. The number of hydrogen-bond acceptors (Lipinski definition) is 4. The van der Waals surface area contributed by atoms with Crippen LogP contribution in [0.25, 0.3) is 0 Å². The van der Waals surface area contributed by atoms with Crippen molar-refractivity contribution in [2.24, 2.45) is 0 Å². The van der Waals surface area contributed by atoms with Crippen molar-refractivity contribution in [1.29, 1.82) is 0 Å². The Balaban J connectivity index is 2.29. The molecule has 0 aromatic heterocycles. The molecule has 21 heavy (non-hydrogen) atoms. The molecule has 1 aromatic rings. The summed E-state index contributed by atoms with van der Waals surface area (Å²) in [6.45, 7) is 4.09. The fourth-order valence-corrected chi connectivity index (χ4v) is 3.59. The van der Waals surface area contributed by atoms with E-state index in [1.54, 1.807) is 19.9 Å². The van der Waals surface area contributed by atoms with Crippen LogP contribution in [0.2, 0.25) is 0 Å². The average Bonchev–Trinajstić information content (AvgIpc) is 2.59. The van der Waals surface area contributed by atoms with Gasteiger partial charge >= 0.3 is 0 Å². The molecule has 0 spiro atoms. The molecule has 1 aromatic carbocycles. The molecule has 1 unspecified atom stereocenters. The molecule has 1 saturated heterocycles. The summed E-state index contributed by atoms with van der Waals surface area (Å²) < 4.78 is 28.7. The maximum Gasteiger partial charge on any atom is 0.261 e. The number of nitrogens with one attached hydrogen (secondary N) is 1. The Morgan fingerprint density at radius 1 is 1.24 bits per heavy atom. The second-order valence-corrected chi connectivity index (χ2v) is 7.68. The predicted octanol–water partition coefficient (Wildman–Crippen LogP) is 2.28. The van der Waals surface area contributed by atoms with Crippen LogP contribution < -0.4 is 10.1 Å². The molecular weight excluding hydrogens is 314 g/mol. The van der Waals surface area contributed by atoms with Crippen LogP contribution in [0.1, 0.15) is 30.4 Å². The lowest BCUT2D eigenvalue weighted by molar-refractivity contribution is -0.127. The first-order valence-electron chi connectivity index (χ1n) is 6.80. The molecule has 1 aliphatic rings. The molecule has 2 rings (SSSR count). The van der Waals surface area contributed by atoms with Gasteiger partial charge in [-0.25, -0.2) is 8.42 Å². The first-order valence-corrected chi connectivity index (χ1v) is 9.11. The Bertz CT molecular complexity index is 657. The van der Waals surface area contributed by atoms with E-state index in [0.29, 0.717) is 29.8 Å². The van der Waals surface area contributed by atoms with E-state index < -0.39 is 15.2 Å². The second kappa shape index (κ2) is 6.23. The zero-order valence-electron chi connectivity index (χ0n) is 12.0. The minimum absolute atomic E-state index is 0.0688. The molecule has 0 radical (unpaired) electrons. The van der Waals surface area contributed by atoms with Crippen LogP contribution in [0, 0.1) is 13.8 Å². The van der Waals surface area contributed by atoms with Gasteiger partial charge in [-0.1, -0.05) is 0 Å². The summed E-state index contributed by atoms with van der Waals surface area (Å²) in [5.74, 6) is 0.386. The summed E-state index contributed by atoms with van der Waals surface area (Å²) in [6, 6.07) is 2.96. The largest absolute Gasteiger partial charge is 0.480 e. The van der Waals surface area contributed by atoms with Crippen molar-refractivity contribution in [1.82, 2.24) is 5.32 Å². The number of halogens is 1. The van der Waals surface area contributed by atoms with Gasteiger partial charge in [-0.15, -0.1) is 0 Å². The van der Waals surface area contributed by atoms with Crippen LogP contribution in [0.15, 0.2) is 17.0 Å². The smallest absolute Gasteiger partial charge is 0.261 e. The number of carbonyl (C=O) groups excluding carboxylic acids is 1. The van der Waals surface area contributed by atoms with Gasteiger partial charge in [0.25, 0.3) is 15.0 Å². The summed E-state index contributed by atoms with van der Waals surface area (Å²) in [4.78, 5) is 12.0. The minimum atomic E-state index is -3.79. The molecule has 1 atom stereocenters. The van der Waals surface area contributed by atoms with Gasteiger partial charge in [0.2, 0.25) is 0 Å². The molecule has 0 aliphatic carbocycles. The van der Waals surface area contributed by atoms with Crippen molar-refractivity contribution in [3.63, 3.8) is 0 Å². The lowest BCUT2D eigenvalue weighted by atomic mass is 10.1. The highest BCUT2D eigenvalue weighted by atomic mass is 35.7. The van der Waals surface area contributed by atoms with Gasteiger partial charge in [0.15, 0.2) is 6.10 Å². The Kier molecular flexibility index (Phi) is 4.78. The number of ether oxygens (including phenoxy) is 1. The molecule has 1 fully saturated rings. The van der Waals surface area contributed by atoms with Gasteiger partial charge in [0, 0.05) is 17.2 Å². The van der Waals surface area contributed by atoms with E-state index in [0.717, 1.165) is 12.8 Å². The second-order valence-electron chi connectivity index (χ2n) is 5.14. The average molecular weight is 332 g/mol. The van der Waals surface area contributed by atoms with E-state index >= 15 is 0 Å². The quantitative estimate of drug-likeness (QED) is 0.862. The fourth-order valence-electron chi connectivity index (χ4n) is 2.34. The number of rotatable bonds is 3. The highest BCUT2D eigenvalue weighted by Gasteiger charge is 2.24. The third kappa shape index (κ3) is 3.68. The lowest BCUT2D eigenvalue weighted by Gasteiger charge is -2.19. The molecule has 1 N–H and O–H groups in total. The number of carbonyl (C=O) groups is 1. The van der Waals surface area contributed by atoms with Crippen molar-refractivity contribution in [2.75, 3.05) is 6.54 Å². The minimum Gasteiger partial charge on any atom is -0.480 e. The van der Waals surface area contributed by atoms with Crippen molar-refractivity contribution in [2.45, 2.75) is 44.1 Å². The van der Waals surface area contributed by atoms with Gasteiger partial charge < -0.3 is 10.1 Å². The normalized spacial score (nSPS) is 19.8. The van der Waals surface area contributed by atoms with Gasteiger partial charge in [-0.05, 0) is 56.4 Å². The van der Waals surface area contributed by atoms with Crippen LogP contribution >= 0.6 is 10.7 Å². The summed E-state index contributed by atoms with van der Waals surface area (Å²) in [5, 5.41) is 2.80. The van der Waals surface area contributed by atoms with E-state index in [4.69, 9.17) is 15.4 Å². The monoisotopic (exact) mass is 331 g/mol. The zero-order valence-corrected chi connectivity index (χ0v) is 13.6. The molecule has 0 saturated carbocycles. The van der Waals surface area contributed by atoms with Gasteiger partial charge in [-0.2, -0.15) is 0 Å². The van der Waals surface area contributed by atoms with E-state index in [1.165, 1.54) is 6.07 Å². The van der Waals surface area contributed by atoms with Crippen LogP contribution in [-0.4, -0.2) is 27.0 Å². The van der Waals surface area contributed by atoms with Gasteiger partial charge in [0.1, 0.15) is 5.75 Å². The first-order chi connectivity index (χ1) is 9.80. The highest BCUT2D eigenvalue weighted by molar-refractivity contribution is 8.13. The molecule has 5 nitrogen and oxygen atoms in total. The van der Waals surface area contributed by atoms with Gasteiger partial charge in [0.05, 0.1) is 4.90 Å². The van der Waals surface area contributed by atoms with Crippen LogP contribution in [-0.2, 0) is 13.8 Å². The maximum atomic E-state index is 11.9. The van der Waals surface area contributed by atoms with Crippen LogP contribution in [0.5, 0.6) is 5.75 Å².